The second kappa shape index (κ2) is 8.02. The number of hydrogen-bond donors (Lipinski definition) is 1. The molecule has 1 saturated heterocycles. The van der Waals surface area contributed by atoms with Crippen LogP contribution in [0.15, 0.2) is 33.8 Å². The van der Waals surface area contributed by atoms with Crippen LogP contribution in [0.5, 0.6) is 6.01 Å². The van der Waals surface area contributed by atoms with Gasteiger partial charge in [0.05, 0.1) is 26.5 Å². The van der Waals surface area contributed by atoms with E-state index in [1.165, 1.54) is 7.11 Å². The maximum absolute atomic E-state index is 5.34. The lowest BCUT2D eigenvalue weighted by Gasteiger charge is -2.26. The third-order valence-corrected chi connectivity index (χ3v) is 3.86. The molecule has 9 heteroatoms. The molecule has 0 unspecified atom stereocenters. The zero-order chi connectivity index (χ0) is 16.8. The Balaban J connectivity index is 1.73. The first-order chi connectivity index (χ1) is 11.7. The zero-order valence-corrected chi connectivity index (χ0v) is 14.7. The highest BCUT2D eigenvalue weighted by atomic mass is 79.9. The molecule has 0 spiro atoms. The molecular formula is C15H17BrN6O2. The van der Waals surface area contributed by atoms with Gasteiger partial charge in [0.2, 0.25) is 5.95 Å². The first-order valence-corrected chi connectivity index (χ1v) is 8.21. The number of methoxy groups -OCH3 is 1. The van der Waals surface area contributed by atoms with Crippen molar-refractivity contribution in [3.63, 3.8) is 0 Å². The van der Waals surface area contributed by atoms with E-state index in [0.717, 1.165) is 23.1 Å². The monoisotopic (exact) mass is 392 g/mol. The molecule has 3 rings (SSSR count). The van der Waals surface area contributed by atoms with Crippen molar-refractivity contribution in [3.8, 4) is 6.01 Å². The Kier molecular flexibility index (Phi) is 5.55. The van der Waals surface area contributed by atoms with E-state index >= 15 is 0 Å². The van der Waals surface area contributed by atoms with Gasteiger partial charge in [0.15, 0.2) is 0 Å². The largest absolute Gasteiger partial charge is 0.467 e. The highest BCUT2D eigenvalue weighted by Gasteiger charge is 2.16. The molecule has 1 fully saturated rings. The van der Waals surface area contributed by atoms with Crippen LogP contribution in [0.2, 0.25) is 0 Å². The fraction of sp³-hybridized carbons (Fsp3) is 0.333. The lowest BCUT2D eigenvalue weighted by Crippen LogP contribution is -2.37. The minimum atomic E-state index is 0.243. The second-order valence-corrected chi connectivity index (χ2v) is 5.88. The maximum Gasteiger partial charge on any atom is 0.322 e. The molecule has 24 heavy (non-hydrogen) atoms. The summed E-state index contributed by atoms with van der Waals surface area (Å²) >= 11 is 3.40. The Morgan fingerprint density at radius 1 is 1.21 bits per heavy atom. The van der Waals surface area contributed by atoms with Crippen molar-refractivity contribution < 1.29 is 9.47 Å². The number of aromatic nitrogens is 3. The Morgan fingerprint density at radius 2 is 1.96 bits per heavy atom. The molecule has 126 valence electrons. The number of nitrogens with zero attached hydrogens (tertiary/aromatic N) is 5. The highest BCUT2D eigenvalue weighted by molar-refractivity contribution is 9.10. The molecule has 1 aromatic heterocycles. The van der Waals surface area contributed by atoms with Crippen LogP contribution in [-0.2, 0) is 4.74 Å². The van der Waals surface area contributed by atoms with Gasteiger partial charge in [0.25, 0.3) is 5.95 Å². The Hall–Kier alpha value is -2.26. The SMILES string of the molecule is COc1nc(N/N=C\c2ccc(Br)cc2)nc(N2CCOCC2)n1. The third kappa shape index (κ3) is 4.39. The predicted octanol–water partition coefficient (Wildman–Crippen LogP) is 1.93. The van der Waals surface area contributed by atoms with Crippen molar-refractivity contribution >= 4 is 34.0 Å². The highest BCUT2D eigenvalue weighted by Crippen LogP contribution is 2.16. The van der Waals surface area contributed by atoms with E-state index in [0.29, 0.717) is 25.1 Å². The Labute approximate surface area is 148 Å². The summed E-state index contributed by atoms with van der Waals surface area (Å²) in [6.07, 6.45) is 1.69. The average Bonchev–Trinajstić information content (AvgIpc) is 2.64. The van der Waals surface area contributed by atoms with Crippen molar-refractivity contribution in [3.05, 3.63) is 34.3 Å². The van der Waals surface area contributed by atoms with E-state index < -0.39 is 0 Å². The molecule has 0 amide bonds. The summed E-state index contributed by atoms with van der Waals surface area (Å²) in [5.41, 5.74) is 3.78. The Morgan fingerprint density at radius 3 is 2.67 bits per heavy atom. The summed E-state index contributed by atoms with van der Waals surface area (Å²) in [7, 11) is 1.52. The first kappa shape index (κ1) is 16.6. The third-order valence-electron chi connectivity index (χ3n) is 3.33. The lowest BCUT2D eigenvalue weighted by molar-refractivity contribution is 0.122. The van der Waals surface area contributed by atoms with Crippen molar-refractivity contribution in [2.45, 2.75) is 0 Å². The number of morpholine rings is 1. The second-order valence-electron chi connectivity index (χ2n) is 4.97. The predicted molar refractivity (Wildman–Crippen MR) is 94.8 cm³/mol. The fourth-order valence-electron chi connectivity index (χ4n) is 2.11. The molecule has 2 heterocycles. The number of benzene rings is 1. The smallest absolute Gasteiger partial charge is 0.322 e. The van der Waals surface area contributed by atoms with Gasteiger partial charge in [0.1, 0.15) is 0 Å². The zero-order valence-electron chi connectivity index (χ0n) is 13.1. The van der Waals surface area contributed by atoms with Crippen LogP contribution in [-0.4, -0.2) is 54.6 Å². The molecule has 1 N–H and O–H groups in total. The summed E-state index contributed by atoms with van der Waals surface area (Å²) in [5.74, 6) is 0.878. The minimum absolute atomic E-state index is 0.243. The fourth-order valence-corrected chi connectivity index (χ4v) is 2.37. The normalized spacial score (nSPS) is 14.8. The van der Waals surface area contributed by atoms with Gasteiger partial charge in [-0.3, -0.25) is 0 Å². The summed E-state index contributed by atoms with van der Waals surface area (Å²) < 4.78 is 11.5. The number of hydrazone groups is 1. The van der Waals surface area contributed by atoms with Crippen LogP contribution < -0.4 is 15.1 Å². The van der Waals surface area contributed by atoms with Crippen molar-refractivity contribution in [2.75, 3.05) is 43.7 Å². The molecule has 0 atom stereocenters. The quantitative estimate of drug-likeness (QED) is 0.614. The van der Waals surface area contributed by atoms with Gasteiger partial charge in [-0.25, -0.2) is 5.43 Å². The van der Waals surface area contributed by atoms with Crippen molar-refractivity contribution in [1.29, 1.82) is 0 Å². The van der Waals surface area contributed by atoms with Gasteiger partial charge in [-0.2, -0.15) is 20.1 Å². The summed E-state index contributed by atoms with van der Waals surface area (Å²) in [6.45, 7) is 2.76. The maximum atomic E-state index is 5.34. The standard InChI is InChI=1S/C15H17BrN6O2/c1-23-15-19-13(18-14(20-15)22-6-8-24-9-7-22)21-17-10-11-2-4-12(16)5-3-11/h2-5,10H,6-9H2,1H3,(H,18,19,20,21)/b17-10-. The van der Waals surface area contributed by atoms with Crippen LogP contribution in [0.3, 0.4) is 0 Å². The number of anilines is 2. The average molecular weight is 393 g/mol. The molecule has 0 radical (unpaired) electrons. The Bertz CT molecular complexity index is 704. The van der Waals surface area contributed by atoms with Crippen molar-refractivity contribution in [1.82, 2.24) is 15.0 Å². The number of ether oxygens (including phenoxy) is 2. The van der Waals surface area contributed by atoms with Gasteiger partial charge in [-0.1, -0.05) is 28.1 Å². The van der Waals surface area contributed by atoms with Crippen LogP contribution in [0.1, 0.15) is 5.56 Å². The van der Waals surface area contributed by atoms with Crippen LogP contribution in [0.25, 0.3) is 0 Å². The van der Waals surface area contributed by atoms with E-state index in [-0.39, 0.29) is 6.01 Å². The molecule has 0 bridgehead atoms. The van der Waals surface area contributed by atoms with Gasteiger partial charge >= 0.3 is 6.01 Å². The summed E-state index contributed by atoms with van der Waals surface area (Å²) in [4.78, 5) is 14.8. The summed E-state index contributed by atoms with van der Waals surface area (Å²) in [5, 5.41) is 4.16. The number of halogens is 1. The van der Waals surface area contributed by atoms with E-state index in [1.807, 2.05) is 29.2 Å². The topological polar surface area (TPSA) is 84.8 Å². The number of nitrogens with one attached hydrogen (secondary N) is 1. The molecule has 1 aliphatic heterocycles. The lowest BCUT2D eigenvalue weighted by atomic mass is 10.2. The van der Waals surface area contributed by atoms with Crippen LogP contribution in [0.4, 0.5) is 11.9 Å². The minimum Gasteiger partial charge on any atom is -0.467 e. The van der Waals surface area contributed by atoms with E-state index in [4.69, 9.17) is 9.47 Å². The van der Waals surface area contributed by atoms with Crippen LogP contribution in [0, 0.1) is 0 Å². The van der Waals surface area contributed by atoms with E-state index in [9.17, 15) is 0 Å². The van der Waals surface area contributed by atoms with Gasteiger partial charge in [-0.05, 0) is 17.7 Å². The molecule has 1 aromatic carbocycles. The van der Waals surface area contributed by atoms with Crippen LogP contribution >= 0.6 is 15.9 Å². The molecule has 8 nitrogen and oxygen atoms in total. The van der Waals surface area contributed by atoms with Gasteiger partial charge in [0, 0.05) is 17.6 Å². The molecular weight excluding hydrogens is 376 g/mol. The molecule has 2 aromatic rings. The molecule has 0 aliphatic carbocycles. The first-order valence-electron chi connectivity index (χ1n) is 7.42. The summed E-state index contributed by atoms with van der Waals surface area (Å²) in [6, 6.07) is 8.03. The van der Waals surface area contributed by atoms with E-state index in [2.05, 4.69) is 41.4 Å². The molecule has 1 aliphatic rings. The van der Waals surface area contributed by atoms with Gasteiger partial charge < -0.3 is 14.4 Å². The van der Waals surface area contributed by atoms with Crippen molar-refractivity contribution in [2.24, 2.45) is 5.10 Å². The number of rotatable bonds is 5. The number of hydrogen-bond acceptors (Lipinski definition) is 8. The van der Waals surface area contributed by atoms with E-state index in [1.54, 1.807) is 6.21 Å². The molecule has 0 saturated carbocycles. The van der Waals surface area contributed by atoms with Gasteiger partial charge in [-0.15, -0.1) is 0 Å².